The molecular formula is C25H25Cl3N2O5S. The Labute approximate surface area is 225 Å². The first kappa shape index (κ1) is 26.7. The fraction of sp³-hybridized carbons (Fsp3) is 0.280. The molecule has 0 saturated carbocycles. The predicted molar refractivity (Wildman–Crippen MR) is 144 cm³/mol. The zero-order valence-electron chi connectivity index (χ0n) is 19.8. The monoisotopic (exact) mass is 570 g/mol. The second-order valence-electron chi connectivity index (χ2n) is 8.40. The van der Waals surface area contributed by atoms with Crippen LogP contribution in [0.15, 0.2) is 53.4 Å². The number of rotatable bonds is 8. The maximum atomic E-state index is 13.7. The molecule has 1 saturated heterocycles. The Morgan fingerprint density at radius 3 is 2.19 bits per heavy atom. The molecule has 0 aliphatic carbocycles. The number of nitrogens with zero attached hydrogens (tertiary/aromatic N) is 1. The molecule has 4 rings (SSSR count). The molecule has 7 nitrogen and oxygen atoms in total. The fourth-order valence-electron chi connectivity index (χ4n) is 4.06. The molecule has 0 unspecified atom stereocenters. The number of hydrogen-bond donors (Lipinski definition) is 1. The van der Waals surface area contributed by atoms with Gasteiger partial charge in [-0.3, -0.25) is 4.72 Å². The van der Waals surface area contributed by atoms with Crippen molar-refractivity contribution in [2.45, 2.75) is 17.4 Å². The number of likely N-dealkylation sites (N-methyl/N-ethyl adjacent to an activating group) is 1. The summed E-state index contributed by atoms with van der Waals surface area (Å²) in [5, 5.41) is 1.12. The molecule has 192 valence electrons. The van der Waals surface area contributed by atoms with Crippen LogP contribution in [0.3, 0.4) is 0 Å². The summed E-state index contributed by atoms with van der Waals surface area (Å²) in [6.07, 6.45) is 0.837. The van der Waals surface area contributed by atoms with Gasteiger partial charge in [0.15, 0.2) is 11.5 Å². The van der Waals surface area contributed by atoms with Crippen molar-refractivity contribution in [1.29, 1.82) is 0 Å². The SMILES string of the molecule is COc1cc(-c2cc(Cl)cc(Cl)c2)c(S(=O)(=O)Nc2ccc(Cl)c(O[C@@H]3CCN(C)C3)c2)cc1OC. The van der Waals surface area contributed by atoms with E-state index in [1.807, 2.05) is 7.05 Å². The van der Waals surface area contributed by atoms with E-state index in [0.29, 0.717) is 43.4 Å². The standard InChI is InChI=1S/C25H25Cl3N2O5S/c1-30-7-6-19(14-30)35-22-11-18(4-5-21(22)28)29-36(31,32)25-13-24(34-3)23(33-2)12-20(25)15-8-16(26)10-17(27)9-15/h4-5,8-13,19,29H,6-7,14H2,1-3H3/t19-/m1/s1. The van der Waals surface area contributed by atoms with Crippen LogP contribution in [0, 0.1) is 0 Å². The number of anilines is 1. The summed E-state index contributed by atoms with van der Waals surface area (Å²) in [5.41, 5.74) is 1.13. The van der Waals surface area contributed by atoms with Crippen LogP contribution in [0.1, 0.15) is 6.42 Å². The van der Waals surface area contributed by atoms with Crippen molar-refractivity contribution in [3.8, 4) is 28.4 Å². The number of ether oxygens (including phenoxy) is 3. The molecule has 11 heteroatoms. The lowest BCUT2D eigenvalue weighted by Gasteiger charge is -2.18. The third-order valence-electron chi connectivity index (χ3n) is 5.77. The van der Waals surface area contributed by atoms with Crippen molar-refractivity contribution in [2.24, 2.45) is 0 Å². The summed E-state index contributed by atoms with van der Waals surface area (Å²) >= 11 is 18.7. The van der Waals surface area contributed by atoms with E-state index in [1.165, 1.54) is 20.3 Å². The Balaban J connectivity index is 1.74. The van der Waals surface area contributed by atoms with Crippen LogP contribution in [0.2, 0.25) is 15.1 Å². The molecule has 0 spiro atoms. The molecular weight excluding hydrogens is 547 g/mol. The third-order valence-corrected chi connectivity index (χ3v) is 7.94. The van der Waals surface area contributed by atoms with Crippen molar-refractivity contribution in [1.82, 2.24) is 4.90 Å². The second-order valence-corrected chi connectivity index (χ2v) is 11.3. The topological polar surface area (TPSA) is 77.1 Å². The zero-order chi connectivity index (χ0) is 26.0. The van der Waals surface area contributed by atoms with Crippen LogP contribution < -0.4 is 18.9 Å². The van der Waals surface area contributed by atoms with Gasteiger partial charge in [-0.05, 0) is 55.4 Å². The Morgan fingerprint density at radius 2 is 1.58 bits per heavy atom. The smallest absolute Gasteiger partial charge is 0.262 e. The molecule has 0 radical (unpaired) electrons. The molecule has 0 aromatic heterocycles. The van der Waals surface area contributed by atoms with E-state index in [-0.39, 0.29) is 16.7 Å². The number of benzene rings is 3. The van der Waals surface area contributed by atoms with Gasteiger partial charge in [0.2, 0.25) is 0 Å². The fourth-order valence-corrected chi connectivity index (χ4v) is 6.02. The van der Waals surface area contributed by atoms with Gasteiger partial charge in [-0.2, -0.15) is 0 Å². The van der Waals surface area contributed by atoms with Gasteiger partial charge >= 0.3 is 0 Å². The summed E-state index contributed by atoms with van der Waals surface area (Å²) < 4.78 is 46.8. The molecule has 3 aromatic rings. The summed E-state index contributed by atoms with van der Waals surface area (Å²) in [6, 6.07) is 12.5. The molecule has 1 atom stereocenters. The van der Waals surface area contributed by atoms with E-state index in [0.717, 1.165) is 19.5 Å². The van der Waals surface area contributed by atoms with Gasteiger partial charge < -0.3 is 19.1 Å². The molecule has 1 N–H and O–H groups in total. The minimum atomic E-state index is -4.12. The van der Waals surface area contributed by atoms with Crippen LogP contribution in [-0.2, 0) is 10.0 Å². The van der Waals surface area contributed by atoms with Crippen LogP contribution in [0.5, 0.6) is 17.2 Å². The molecule has 0 bridgehead atoms. The Bertz CT molecular complexity index is 1360. The first-order valence-electron chi connectivity index (χ1n) is 11.0. The number of sulfonamides is 1. The lowest BCUT2D eigenvalue weighted by molar-refractivity contribution is 0.208. The number of likely N-dealkylation sites (tertiary alicyclic amines) is 1. The Kier molecular flexibility index (Phi) is 8.12. The number of hydrogen-bond acceptors (Lipinski definition) is 6. The van der Waals surface area contributed by atoms with Crippen LogP contribution in [0.25, 0.3) is 11.1 Å². The lowest BCUT2D eigenvalue weighted by Crippen LogP contribution is -2.21. The number of methoxy groups -OCH3 is 2. The van der Waals surface area contributed by atoms with E-state index in [1.54, 1.807) is 42.5 Å². The van der Waals surface area contributed by atoms with E-state index >= 15 is 0 Å². The van der Waals surface area contributed by atoms with Gasteiger partial charge in [0.1, 0.15) is 11.9 Å². The van der Waals surface area contributed by atoms with Crippen molar-refractivity contribution in [2.75, 3.05) is 39.1 Å². The third kappa shape index (κ3) is 5.95. The molecule has 0 amide bonds. The van der Waals surface area contributed by atoms with Gasteiger partial charge in [0, 0.05) is 40.8 Å². The van der Waals surface area contributed by atoms with Gasteiger partial charge in [0.25, 0.3) is 10.0 Å². The van der Waals surface area contributed by atoms with E-state index in [9.17, 15) is 8.42 Å². The summed E-state index contributed by atoms with van der Waals surface area (Å²) in [6.45, 7) is 1.69. The minimum Gasteiger partial charge on any atom is -0.493 e. The number of nitrogens with one attached hydrogen (secondary N) is 1. The van der Waals surface area contributed by atoms with Gasteiger partial charge in [0.05, 0.1) is 29.8 Å². The quantitative estimate of drug-likeness (QED) is 0.346. The minimum absolute atomic E-state index is 0.0237. The zero-order valence-corrected chi connectivity index (χ0v) is 22.9. The molecule has 1 fully saturated rings. The first-order valence-corrected chi connectivity index (χ1v) is 13.6. The molecule has 1 heterocycles. The maximum absolute atomic E-state index is 13.7. The summed E-state index contributed by atoms with van der Waals surface area (Å²) in [4.78, 5) is 2.11. The Hall–Kier alpha value is -2.36. The molecule has 36 heavy (non-hydrogen) atoms. The van der Waals surface area contributed by atoms with Crippen molar-refractivity contribution >= 4 is 50.5 Å². The average molecular weight is 572 g/mol. The summed E-state index contributed by atoms with van der Waals surface area (Å²) in [5.74, 6) is 1.01. The highest BCUT2D eigenvalue weighted by Gasteiger charge is 2.25. The van der Waals surface area contributed by atoms with Crippen LogP contribution in [-0.4, -0.2) is 53.8 Å². The first-order chi connectivity index (χ1) is 17.1. The van der Waals surface area contributed by atoms with Gasteiger partial charge in [-0.1, -0.05) is 34.8 Å². The lowest BCUT2D eigenvalue weighted by atomic mass is 10.0. The Morgan fingerprint density at radius 1 is 0.917 bits per heavy atom. The molecule has 1 aliphatic rings. The molecule has 1 aliphatic heterocycles. The van der Waals surface area contributed by atoms with E-state index < -0.39 is 10.0 Å². The second kappa shape index (κ2) is 10.9. The maximum Gasteiger partial charge on any atom is 0.262 e. The van der Waals surface area contributed by atoms with E-state index in [2.05, 4.69) is 9.62 Å². The predicted octanol–water partition coefficient (Wildman–Crippen LogP) is 6.21. The average Bonchev–Trinajstić information content (AvgIpc) is 3.23. The highest BCUT2D eigenvalue weighted by atomic mass is 35.5. The normalized spacial score (nSPS) is 16.1. The molecule has 3 aromatic carbocycles. The van der Waals surface area contributed by atoms with Crippen molar-refractivity contribution < 1.29 is 22.6 Å². The largest absolute Gasteiger partial charge is 0.493 e. The van der Waals surface area contributed by atoms with Crippen molar-refractivity contribution in [3.63, 3.8) is 0 Å². The van der Waals surface area contributed by atoms with Crippen LogP contribution >= 0.6 is 34.8 Å². The van der Waals surface area contributed by atoms with E-state index in [4.69, 9.17) is 49.0 Å². The highest BCUT2D eigenvalue weighted by molar-refractivity contribution is 7.92. The van der Waals surface area contributed by atoms with Gasteiger partial charge in [-0.15, -0.1) is 0 Å². The van der Waals surface area contributed by atoms with Gasteiger partial charge in [-0.25, -0.2) is 8.42 Å². The highest BCUT2D eigenvalue weighted by Crippen LogP contribution is 2.40. The van der Waals surface area contributed by atoms with Crippen LogP contribution in [0.4, 0.5) is 5.69 Å². The number of halogens is 3. The van der Waals surface area contributed by atoms with Crippen molar-refractivity contribution in [3.05, 3.63) is 63.6 Å². The summed E-state index contributed by atoms with van der Waals surface area (Å²) in [7, 11) is 0.798.